The molecule has 8 heteroatoms. The zero-order valence-electron chi connectivity index (χ0n) is 13.9. The van der Waals surface area contributed by atoms with Crippen LogP contribution in [0.3, 0.4) is 0 Å². The second-order valence-corrected chi connectivity index (χ2v) is 5.62. The summed E-state index contributed by atoms with van der Waals surface area (Å²) < 4.78 is 5.10. The molecule has 2 amide bonds. The van der Waals surface area contributed by atoms with Crippen molar-refractivity contribution >= 4 is 11.8 Å². The molecule has 0 bridgehead atoms. The molecular weight excluding hydrogens is 322 g/mol. The van der Waals surface area contributed by atoms with Gasteiger partial charge in [-0.2, -0.15) is 10.2 Å². The number of aromatic nitrogens is 1. The van der Waals surface area contributed by atoms with E-state index >= 15 is 0 Å². The second kappa shape index (κ2) is 9.49. The van der Waals surface area contributed by atoms with Crippen molar-refractivity contribution in [2.45, 2.75) is 31.5 Å². The number of ether oxygens (including phenoxy) is 1. The molecular formula is C17H21N5O3. The van der Waals surface area contributed by atoms with Gasteiger partial charge in [-0.05, 0) is 11.6 Å². The van der Waals surface area contributed by atoms with Crippen molar-refractivity contribution in [2.75, 3.05) is 19.8 Å². The molecule has 25 heavy (non-hydrogen) atoms. The fourth-order valence-electron chi connectivity index (χ4n) is 2.11. The first-order chi connectivity index (χ1) is 12.1. The lowest BCUT2D eigenvalue weighted by atomic mass is 10.0. The third kappa shape index (κ3) is 7.10. The number of hydrogen-bond donors (Lipinski definition) is 2. The summed E-state index contributed by atoms with van der Waals surface area (Å²) in [5, 5.41) is 13.4. The molecule has 0 saturated heterocycles. The largest absolute Gasteiger partial charge is 0.362 e. The first-order valence-electron chi connectivity index (χ1n) is 8.01. The Morgan fingerprint density at radius 2 is 1.96 bits per heavy atom. The highest BCUT2D eigenvalue weighted by Gasteiger charge is 2.38. The Hall–Kier alpha value is -2.79. The van der Waals surface area contributed by atoms with E-state index in [1.165, 1.54) is 0 Å². The molecule has 0 fully saturated rings. The third-order valence-corrected chi connectivity index (χ3v) is 3.58. The average molecular weight is 343 g/mol. The highest BCUT2D eigenvalue weighted by atomic mass is 16.5. The molecule has 132 valence electrons. The first-order valence-corrected chi connectivity index (χ1v) is 8.01. The maximum Gasteiger partial charge on any atom is 0.246 e. The van der Waals surface area contributed by atoms with Gasteiger partial charge >= 0.3 is 0 Å². The highest BCUT2D eigenvalue weighted by Crippen LogP contribution is 2.35. The Kier molecular flexibility index (Phi) is 7.04. The molecule has 0 aliphatic carbocycles. The lowest BCUT2D eigenvalue weighted by Gasteiger charge is -2.10. The summed E-state index contributed by atoms with van der Waals surface area (Å²) in [6.07, 6.45) is 10.5. The van der Waals surface area contributed by atoms with Crippen LogP contribution in [0.25, 0.3) is 0 Å². The van der Waals surface area contributed by atoms with Crippen molar-refractivity contribution in [3.63, 3.8) is 0 Å². The van der Waals surface area contributed by atoms with Crippen LogP contribution in [0.1, 0.15) is 24.8 Å². The summed E-state index contributed by atoms with van der Waals surface area (Å²) in [6.45, 7) is 0.457. The topological polar surface area (TPSA) is 105 Å². The van der Waals surface area contributed by atoms with Gasteiger partial charge in [0.2, 0.25) is 11.8 Å². The van der Waals surface area contributed by atoms with Gasteiger partial charge in [0.1, 0.15) is 13.2 Å². The van der Waals surface area contributed by atoms with E-state index in [9.17, 15) is 9.59 Å². The quantitative estimate of drug-likeness (QED) is 0.580. The normalized spacial score (nSPS) is 13.7. The van der Waals surface area contributed by atoms with Crippen LogP contribution < -0.4 is 10.6 Å². The monoisotopic (exact) mass is 343 g/mol. The smallest absolute Gasteiger partial charge is 0.246 e. The Balaban J connectivity index is 1.50. The van der Waals surface area contributed by atoms with Crippen molar-refractivity contribution in [2.24, 2.45) is 10.2 Å². The number of rotatable bonds is 11. The van der Waals surface area contributed by atoms with Crippen LogP contribution in [0.15, 0.2) is 34.8 Å². The molecule has 2 rings (SSSR count). The molecule has 2 N–H and O–H groups in total. The summed E-state index contributed by atoms with van der Waals surface area (Å²) >= 11 is 0. The average Bonchev–Trinajstić information content (AvgIpc) is 3.39. The number of amides is 2. The van der Waals surface area contributed by atoms with E-state index < -0.39 is 5.66 Å². The van der Waals surface area contributed by atoms with Crippen molar-refractivity contribution in [3.05, 3.63) is 30.1 Å². The van der Waals surface area contributed by atoms with E-state index in [0.29, 0.717) is 32.4 Å². The molecule has 1 aromatic rings. The van der Waals surface area contributed by atoms with Gasteiger partial charge in [-0.3, -0.25) is 14.6 Å². The Morgan fingerprint density at radius 3 is 2.60 bits per heavy atom. The number of nitrogens with one attached hydrogen (secondary N) is 2. The minimum atomic E-state index is -0.410. The van der Waals surface area contributed by atoms with E-state index in [-0.39, 0.29) is 25.0 Å². The van der Waals surface area contributed by atoms with Crippen molar-refractivity contribution < 1.29 is 14.3 Å². The SMILES string of the molecule is C#CCCC1(CCNC(=O)COCC(=O)NCc2cccnc2)N=N1. The number of nitrogens with zero attached hydrogens (tertiary/aromatic N) is 3. The Bertz CT molecular complexity index is 648. The van der Waals surface area contributed by atoms with Gasteiger partial charge in [0.25, 0.3) is 0 Å². The van der Waals surface area contributed by atoms with Crippen LogP contribution in [-0.2, 0) is 20.9 Å². The second-order valence-electron chi connectivity index (χ2n) is 5.62. The van der Waals surface area contributed by atoms with Gasteiger partial charge in [-0.1, -0.05) is 6.07 Å². The summed E-state index contributed by atoms with van der Waals surface area (Å²) in [5.41, 5.74) is 0.482. The van der Waals surface area contributed by atoms with Gasteiger partial charge in [0.05, 0.1) is 0 Å². The zero-order chi connectivity index (χ0) is 18.0. The van der Waals surface area contributed by atoms with E-state index in [0.717, 1.165) is 5.56 Å². The molecule has 0 radical (unpaired) electrons. The summed E-state index contributed by atoms with van der Waals surface area (Å²) in [7, 11) is 0. The molecule has 0 aromatic carbocycles. The van der Waals surface area contributed by atoms with Gasteiger partial charge < -0.3 is 15.4 Å². The number of pyridine rings is 1. The number of carbonyl (C=O) groups is 2. The van der Waals surface area contributed by atoms with Crippen molar-refractivity contribution in [1.82, 2.24) is 15.6 Å². The molecule has 0 atom stereocenters. The summed E-state index contributed by atoms with van der Waals surface area (Å²) in [6, 6.07) is 3.65. The van der Waals surface area contributed by atoms with Gasteiger partial charge in [-0.15, -0.1) is 12.3 Å². The molecule has 8 nitrogen and oxygen atoms in total. The van der Waals surface area contributed by atoms with Crippen LogP contribution in [0.5, 0.6) is 0 Å². The van der Waals surface area contributed by atoms with E-state index in [4.69, 9.17) is 11.2 Å². The van der Waals surface area contributed by atoms with Crippen LogP contribution in [0.2, 0.25) is 0 Å². The highest BCUT2D eigenvalue weighted by molar-refractivity contribution is 5.79. The third-order valence-electron chi connectivity index (χ3n) is 3.58. The number of carbonyl (C=O) groups excluding carboxylic acids is 2. The van der Waals surface area contributed by atoms with E-state index in [1.807, 2.05) is 6.07 Å². The van der Waals surface area contributed by atoms with Gasteiger partial charge in [0, 0.05) is 44.7 Å². The van der Waals surface area contributed by atoms with Crippen LogP contribution in [0.4, 0.5) is 0 Å². The fourth-order valence-corrected chi connectivity index (χ4v) is 2.11. The molecule has 0 spiro atoms. The molecule has 1 aliphatic heterocycles. The number of terminal acetylenes is 1. The summed E-state index contributed by atoms with van der Waals surface area (Å²) in [5.74, 6) is 1.98. The van der Waals surface area contributed by atoms with Gasteiger partial charge in [0.15, 0.2) is 5.66 Å². The Morgan fingerprint density at radius 1 is 1.20 bits per heavy atom. The Labute approximate surface area is 146 Å². The van der Waals surface area contributed by atoms with E-state index in [1.54, 1.807) is 18.5 Å². The lowest BCUT2D eigenvalue weighted by Crippen LogP contribution is -2.33. The fraction of sp³-hybridized carbons (Fsp3) is 0.471. The van der Waals surface area contributed by atoms with Crippen LogP contribution in [0, 0.1) is 12.3 Å². The van der Waals surface area contributed by atoms with Crippen molar-refractivity contribution in [3.8, 4) is 12.3 Å². The first kappa shape index (κ1) is 18.5. The predicted octanol–water partition coefficient (Wildman–Crippen LogP) is 0.796. The van der Waals surface area contributed by atoms with Crippen LogP contribution in [-0.4, -0.2) is 42.2 Å². The zero-order valence-corrected chi connectivity index (χ0v) is 13.9. The minimum absolute atomic E-state index is 0.175. The van der Waals surface area contributed by atoms with Crippen LogP contribution >= 0.6 is 0 Å². The van der Waals surface area contributed by atoms with E-state index in [2.05, 4.69) is 31.8 Å². The number of hydrogen-bond acceptors (Lipinski definition) is 6. The lowest BCUT2D eigenvalue weighted by molar-refractivity contribution is -0.131. The standard InChI is InChI=1S/C17H21N5O3/c1-2-3-6-17(21-22-17)7-9-19-15(23)12-25-13-16(24)20-11-14-5-4-8-18-10-14/h1,4-5,8,10H,3,6-7,9,11-13H2,(H,19,23)(H,20,24). The predicted molar refractivity (Wildman–Crippen MR) is 90.2 cm³/mol. The molecule has 1 aromatic heterocycles. The molecule has 2 heterocycles. The minimum Gasteiger partial charge on any atom is -0.362 e. The maximum atomic E-state index is 11.7. The maximum absolute atomic E-state index is 11.7. The molecule has 0 unspecified atom stereocenters. The van der Waals surface area contributed by atoms with Gasteiger partial charge in [-0.25, -0.2) is 0 Å². The summed E-state index contributed by atoms with van der Waals surface area (Å²) in [4.78, 5) is 27.2. The van der Waals surface area contributed by atoms with Crippen molar-refractivity contribution in [1.29, 1.82) is 0 Å². The molecule has 1 aliphatic rings. The molecule has 0 saturated carbocycles.